The molecule has 2 aromatic carbocycles. The van der Waals surface area contributed by atoms with E-state index in [-0.39, 0.29) is 12.4 Å². The number of thiazole rings is 1. The average molecular weight is 460 g/mol. The molecule has 7 nitrogen and oxygen atoms in total. The number of nitrogens with zero attached hydrogens (tertiary/aromatic N) is 2. The minimum Gasteiger partial charge on any atom is -0.496 e. The van der Waals surface area contributed by atoms with Crippen molar-refractivity contribution in [3.63, 3.8) is 0 Å². The van der Waals surface area contributed by atoms with Crippen LogP contribution in [0.15, 0.2) is 52.9 Å². The van der Waals surface area contributed by atoms with Gasteiger partial charge in [0.25, 0.3) is 0 Å². The molecule has 1 N–H and O–H groups in total. The molecule has 162 valence electrons. The molecule has 0 saturated carbocycles. The van der Waals surface area contributed by atoms with Crippen LogP contribution in [-0.4, -0.2) is 30.9 Å². The van der Waals surface area contributed by atoms with Crippen molar-refractivity contribution >= 4 is 40.3 Å². The van der Waals surface area contributed by atoms with Crippen molar-refractivity contribution in [2.75, 3.05) is 19.1 Å². The van der Waals surface area contributed by atoms with Gasteiger partial charge in [0.15, 0.2) is 0 Å². The molecule has 3 rings (SSSR count). The molecule has 0 saturated heterocycles. The number of methoxy groups -OCH3 is 1. The standard InChI is InChI=1S/C22H22ClN3O4S/c1-3-29-21(27)11-17-14-31-22(25-17)26-24-12-15-8-9-19(28-2)16(10-15)13-30-20-7-5-4-6-18(20)23/h4-10,12,14H,3,11,13H2,1-2H3,(H,25,26). The fraction of sp³-hybridized carbons (Fsp3) is 0.227. The van der Waals surface area contributed by atoms with E-state index >= 15 is 0 Å². The lowest BCUT2D eigenvalue weighted by Gasteiger charge is -2.12. The van der Waals surface area contributed by atoms with Crippen molar-refractivity contribution in [1.29, 1.82) is 0 Å². The van der Waals surface area contributed by atoms with E-state index in [2.05, 4.69) is 15.5 Å². The van der Waals surface area contributed by atoms with Gasteiger partial charge in [-0.2, -0.15) is 5.10 Å². The van der Waals surface area contributed by atoms with Crippen molar-refractivity contribution in [2.45, 2.75) is 20.0 Å². The van der Waals surface area contributed by atoms with E-state index in [0.717, 1.165) is 11.1 Å². The quantitative estimate of drug-likeness (QED) is 0.263. The highest BCUT2D eigenvalue weighted by molar-refractivity contribution is 7.13. The van der Waals surface area contributed by atoms with Gasteiger partial charge in [0.2, 0.25) is 5.13 Å². The summed E-state index contributed by atoms with van der Waals surface area (Å²) in [4.78, 5) is 15.9. The molecule has 0 aliphatic carbocycles. The van der Waals surface area contributed by atoms with Crippen LogP contribution in [0.4, 0.5) is 5.13 Å². The van der Waals surface area contributed by atoms with Gasteiger partial charge in [0.05, 0.1) is 37.1 Å². The zero-order chi connectivity index (χ0) is 22.1. The Bertz CT molecular complexity index is 1050. The van der Waals surface area contributed by atoms with Crippen molar-refractivity contribution < 1.29 is 19.0 Å². The van der Waals surface area contributed by atoms with Crippen LogP contribution in [0.5, 0.6) is 11.5 Å². The summed E-state index contributed by atoms with van der Waals surface area (Å²) in [6, 6.07) is 13.0. The van der Waals surface area contributed by atoms with E-state index in [1.807, 2.05) is 36.4 Å². The van der Waals surface area contributed by atoms with Crippen molar-refractivity contribution in [3.8, 4) is 11.5 Å². The van der Waals surface area contributed by atoms with Gasteiger partial charge < -0.3 is 14.2 Å². The number of nitrogens with one attached hydrogen (secondary N) is 1. The fourth-order valence-electron chi connectivity index (χ4n) is 2.67. The Morgan fingerprint density at radius 3 is 2.87 bits per heavy atom. The Morgan fingerprint density at radius 2 is 2.10 bits per heavy atom. The fourth-order valence-corrected chi connectivity index (χ4v) is 3.52. The minimum atomic E-state index is -0.298. The zero-order valence-corrected chi connectivity index (χ0v) is 18.7. The lowest BCUT2D eigenvalue weighted by Crippen LogP contribution is -2.07. The number of ether oxygens (including phenoxy) is 3. The van der Waals surface area contributed by atoms with E-state index in [1.165, 1.54) is 11.3 Å². The topological polar surface area (TPSA) is 82.0 Å². The molecular weight excluding hydrogens is 438 g/mol. The number of hydrazone groups is 1. The maximum absolute atomic E-state index is 11.5. The lowest BCUT2D eigenvalue weighted by molar-refractivity contribution is -0.142. The van der Waals surface area contributed by atoms with Crippen LogP contribution < -0.4 is 14.9 Å². The SMILES string of the molecule is CCOC(=O)Cc1csc(NN=Cc2ccc(OC)c(COc3ccccc3Cl)c2)n1. The minimum absolute atomic E-state index is 0.142. The van der Waals surface area contributed by atoms with Crippen LogP contribution >= 0.6 is 22.9 Å². The Balaban J connectivity index is 1.62. The third kappa shape index (κ3) is 6.70. The number of hydrogen-bond acceptors (Lipinski definition) is 8. The molecule has 0 fully saturated rings. The lowest BCUT2D eigenvalue weighted by atomic mass is 10.1. The molecule has 31 heavy (non-hydrogen) atoms. The van der Waals surface area contributed by atoms with Crippen molar-refractivity contribution in [2.24, 2.45) is 5.10 Å². The number of anilines is 1. The molecule has 0 atom stereocenters. The molecule has 0 amide bonds. The van der Waals surface area contributed by atoms with Crippen molar-refractivity contribution in [1.82, 2.24) is 4.98 Å². The van der Waals surface area contributed by atoms with Crippen molar-refractivity contribution in [3.05, 3.63) is 69.7 Å². The number of hydrogen-bond donors (Lipinski definition) is 1. The summed E-state index contributed by atoms with van der Waals surface area (Å²) in [5, 5.41) is 7.16. The predicted molar refractivity (Wildman–Crippen MR) is 122 cm³/mol. The predicted octanol–water partition coefficient (Wildman–Crippen LogP) is 4.94. The number of benzene rings is 2. The first-order chi connectivity index (χ1) is 15.1. The summed E-state index contributed by atoms with van der Waals surface area (Å²) in [5.41, 5.74) is 5.23. The van der Waals surface area contributed by atoms with Gasteiger partial charge >= 0.3 is 5.97 Å². The van der Waals surface area contributed by atoms with Gasteiger partial charge in [0.1, 0.15) is 18.1 Å². The summed E-state index contributed by atoms with van der Waals surface area (Å²) in [6.07, 6.45) is 1.81. The number of carbonyl (C=O) groups excluding carboxylic acids is 1. The monoisotopic (exact) mass is 459 g/mol. The number of carbonyl (C=O) groups is 1. The van der Waals surface area contributed by atoms with E-state index in [1.54, 1.807) is 31.7 Å². The number of halogens is 1. The third-order valence-electron chi connectivity index (χ3n) is 4.08. The summed E-state index contributed by atoms with van der Waals surface area (Å²) < 4.78 is 16.2. The largest absolute Gasteiger partial charge is 0.496 e. The maximum Gasteiger partial charge on any atom is 0.311 e. The van der Waals surface area contributed by atoms with E-state index < -0.39 is 0 Å². The maximum atomic E-state index is 11.5. The second-order valence-electron chi connectivity index (χ2n) is 6.29. The first-order valence-corrected chi connectivity index (χ1v) is 10.8. The van der Waals surface area contributed by atoms with Gasteiger partial charge in [-0.3, -0.25) is 10.2 Å². The number of para-hydroxylation sites is 1. The van der Waals surface area contributed by atoms with E-state index in [4.69, 9.17) is 25.8 Å². The molecule has 0 radical (unpaired) electrons. The van der Waals surface area contributed by atoms with Gasteiger partial charge in [-0.25, -0.2) is 4.98 Å². The smallest absolute Gasteiger partial charge is 0.311 e. The second-order valence-corrected chi connectivity index (χ2v) is 7.55. The average Bonchev–Trinajstić information content (AvgIpc) is 3.20. The van der Waals surface area contributed by atoms with Crippen LogP contribution in [0, 0.1) is 0 Å². The van der Waals surface area contributed by atoms with Crippen LogP contribution in [0.25, 0.3) is 0 Å². The Labute approximate surface area is 189 Å². The van der Waals surface area contributed by atoms with Gasteiger partial charge in [-0.15, -0.1) is 11.3 Å². The molecule has 0 aliphatic rings. The highest BCUT2D eigenvalue weighted by atomic mass is 35.5. The zero-order valence-electron chi connectivity index (χ0n) is 17.1. The first kappa shape index (κ1) is 22.6. The molecule has 0 unspecified atom stereocenters. The van der Waals surface area contributed by atoms with E-state index in [0.29, 0.717) is 40.6 Å². The highest BCUT2D eigenvalue weighted by Crippen LogP contribution is 2.26. The molecule has 0 aliphatic heterocycles. The first-order valence-electron chi connectivity index (χ1n) is 9.52. The van der Waals surface area contributed by atoms with Gasteiger partial charge in [-0.05, 0) is 42.8 Å². The Hall–Kier alpha value is -3.10. The summed E-state index contributed by atoms with van der Waals surface area (Å²) >= 11 is 7.52. The Morgan fingerprint density at radius 1 is 1.26 bits per heavy atom. The van der Waals surface area contributed by atoms with Crippen LogP contribution in [0.2, 0.25) is 5.02 Å². The van der Waals surface area contributed by atoms with E-state index in [9.17, 15) is 4.79 Å². The molecule has 9 heteroatoms. The summed E-state index contributed by atoms with van der Waals surface area (Å²) in [5.74, 6) is 1.02. The molecule has 3 aromatic rings. The van der Waals surface area contributed by atoms with Crippen LogP contribution in [0.1, 0.15) is 23.7 Å². The summed E-state index contributed by atoms with van der Waals surface area (Å²) in [7, 11) is 1.61. The van der Waals surface area contributed by atoms with Gasteiger partial charge in [-0.1, -0.05) is 23.7 Å². The molecule has 0 bridgehead atoms. The third-order valence-corrected chi connectivity index (χ3v) is 5.19. The second kappa shape index (κ2) is 11.3. The van der Waals surface area contributed by atoms with Gasteiger partial charge in [0, 0.05) is 10.9 Å². The normalized spacial score (nSPS) is 10.8. The molecule has 0 spiro atoms. The number of rotatable bonds is 10. The highest BCUT2D eigenvalue weighted by Gasteiger charge is 2.09. The Kier molecular flexibility index (Phi) is 8.26. The number of aromatic nitrogens is 1. The molecular formula is C22H22ClN3O4S. The number of esters is 1. The summed E-state index contributed by atoms with van der Waals surface area (Å²) in [6.45, 7) is 2.42. The van der Waals surface area contributed by atoms with Crippen LogP contribution in [0.3, 0.4) is 0 Å². The molecule has 1 aromatic heterocycles. The van der Waals surface area contributed by atoms with Crippen LogP contribution in [-0.2, 0) is 22.6 Å². The molecule has 1 heterocycles.